The molecule has 0 bridgehead atoms. The molecule has 1 aromatic rings. The number of benzene rings is 1. The highest BCUT2D eigenvalue weighted by Gasteiger charge is 2.38. The van der Waals surface area contributed by atoms with Crippen LogP contribution in [-0.2, 0) is 20.9 Å². The molecule has 0 radical (unpaired) electrons. The van der Waals surface area contributed by atoms with Crippen LogP contribution < -0.4 is 0 Å². The molecule has 0 spiro atoms. The van der Waals surface area contributed by atoms with Gasteiger partial charge in [0, 0.05) is 0 Å². The Morgan fingerprint density at radius 2 is 1.83 bits per heavy atom. The number of carbonyl (C=O) groups excluding carboxylic acids is 1. The lowest BCUT2D eigenvalue weighted by atomic mass is 9.96. The van der Waals surface area contributed by atoms with Crippen LogP contribution in [0.3, 0.4) is 0 Å². The van der Waals surface area contributed by atoms with E-state index in [0.717, 1.165) is 12.0 Å². The summed E-state index contributed by atoms with van der Waals surface area (Å²) in [6, 6.07) is 9.38. The van der Waals surface area contributed by atoms with Gasteiger partial charge in [-0.25, -0.2) is 0 Å². The van der Waals surface area contributed by atoms with Gasteiger partial charge in [-0.2, -0.15) is 0 Å². The third-order valence-corrected chi connectivity index (χ3v) is 3.36. The fraction of sp³-hybridized carbons (Fsp3) is 0.429. The van der Waals surface area contributed by atoms with Crippen LogP contribution in [-0.4, -0.2) is 17.0 Å². The SMILES string of the molecule is O=C(O)[C@H]1CCC[C@@H]1C(=O)OCc1ccccc1. The minimum atomic E-state index is -0.894. The molecule has 1 N–H and O–H groups in total. The normalized spacial score (nSPS) is 22.7. The average molecular weight is 248 g/mol. The lowest BCUT2D eigenvalue weighted by molar-refractivity contribution is -0.157. The number of rotatable bonds is 4. The summed E-state index contributed by atoms with van der Waals surface area (Å²) in [7, 11) is 0. The van der Waals surface area contributed by atoms with Crippen molar-refractivity contribution >= 4 is 11.9 Å². The summed E-state index contributed by atoms with van der Waals surface area (Å²) in [4.78, 5) is 22.8. The van der Waals surface area contributed by atoms with Gasteiger partial charge in [-0.05, 0) is 18.4 Å². The van der Waals surface area contributed by atoms with Gasteiger partial charge in [-0.3, -0.25) is 9.59 Å². The van der Waals surface area contributed by atoms with E-state index in [4.69, 9.17) is 9.84 Å². The maximum atomic E-state index is 11.8. The quantitative estimate of drug-likeness (QED) is 0.830. The zero-order chi connectivity index (χ0) is 13.0. The zero-order valence-corrected chi connectivity index (χ0v) is 10.0. The number of hydrogen-bond donors (Lipinski definition) is 1. The lowest BCUT2D eigenvalue weighted by Gasteiger charge is -2.14. The van der Waals surface area contributed by atoms with Crippen LogP contribution in [0.2, 0.25) is 0 Å². The molecule has 96 valence electrons. The Balaban J connectivity index is 1.90. The Hall–Kier alpha value is -1.84. The number of carboxylic acid groups (broad SMARTS) is 1. The number of ether oxygens (including phenoxy) is 1. The van der Waals surface area contributed by atoms with Crippen molar-refractivity contribution in [1.82, 2.24) is 0 Å². The molecular formula is C14H16O4. The summed E-state index contributed by atoms with van der Waals surface area (Å²) in [5.41, 5.74) is 0.913. The molecule has 1 aliphatic rings. The lowest BCUT2D eigenvalue weighted by Crippen LogP contribution is -2.26. The standard InChI is InChI=1S/C14H16O4/c15-13(16)11-7-4-8-12(11)14(17)18-9-10-5-2-1-3-6-10/h1-3,5-6,11-12H,4,7-9H2,(H,15,16)/t11-,12-/m0/s1. The van der Waals surface area contributed by atoms with Gasteiger partial charge >= 0.3 is 11.9 Å². The molecule has 1 aliphatic carbocycles. The summed E-state index contributed by atoms with van der Waals surface area (Å²) in [5, 5.41) is 9.01. The van der Waals surface area contributed by atoms with E-state index < -0.39 is 17.8 Å². The molecule has 0 unspecified atom stereocenters. The summed E-state index contributed by atoms with van der Waals surface area (Å²) in [6.45, 7) is 0.211. The van der Waals surface area contributed by atoms with E-state index in [2.05, 4.69) is 0 Å². The van der Waals surface area contributed by atoms with Crippen LogP contribution in [0.1, 0.15) is 24.8 Å². The van der Waals surface area contributed by atoms with Crippen molar-refractivity contribution in [3.8, 4) is 0 Å². The van der Waals surface area contributed by atoms with Crippen molar-refractivity contribution in [2.45, 2.75) is 25.9 Å². The predicted molar refractivity (Wildman–Crippen MR) is 64.7 cm³/mol. The van der Waals surface area contributed by atoms with Gasteiger partial charge in [-0.15, -0.1) is 0 Å². The van der Waals surface area contributed by atoms with Crippen LogP contribution in [0, 0.1) is 11.8 Å². The molecular weight excluding hydrogens is 232 g/mol. The highest BCUT2D eigenvalue weighted by Crippen LogP contribution is 2.33. The maximum Gasteiger partial charge on any atom is 0.310 e. The van der Waals surface area contributed by atoms with Gasteiger partial charge in [0.1, 0.15) is 6.61 Å². The van der Waals surface area contributed by atoms with Crippen LogP contribution >= 0.6 is 0 Å². The third-order valence-electron chi connectivity index (χ3n) is 3.36. The van der Waals surface area contributed by atoms with E-state index >= 15 is 0 Å². The molecule has 2 atom stereocenters. The Morgan fingerprint density at radius 3 is 2.50 bits per heavy atom. The highest BCUT2D eigenvalue weighted by atomic mass is 16.5. The molecule has 0 heterocycles. The summed E-state index contributed by atoms with van der Waals surface area (Å²) in [6.07, 6.45) is 1.97. The van der Waals surface area contributed by atoms with Crippen molar-refractivity contribution in [3.63, 3.8) is 0 Å². The van der Waals surface area contributed by atoms with Crippen molar-refractivity contribution in [3.05, 3.63) is 35.9 Å². The van der Waals surface area contributed by atoms with Crippen LogP contribution in [0.15, 0.2) is 30.3 Å². The summed E-state index contributed by atoms with van der Waals surface area (Å²) < 4.78 is 5.19. The van der Waals surface area contributed by atoms with Crippen molar-refractivity contribution in [2.24, 2.45) is 11.8 Å². The first-order valence-electron chi connectivity index (χ1n) is 6.12. The fourth-order valence-electron chi connectivity index (χ4n) is 2.37. The average Bonchev–Trinajstić information content (AvgIpc) is 2.86. The van der Waals surface area contributed by atoms with E-state index in [0.29, 0.717) is 12.8 Å². The second-order valence-electron chi connectivity index (χ2n) is 4.58. The van der Waals surface area contributed by atoms with E-state index in [1.807, 2.05) is 30.3 Å². The Bertz CT molecular complexity index is 427. The molecule has 1 saturated carbocycles. The zero-order valence-electron chi connectivity index (χ0n) is 10.0. The fourth-order valence-corrected chi connectivity index (χ4v) is 2.37. The molecule has 0 aliphatic heterocycles. The Morgan fingerprint density at radius 1 is 1.17 bits per heavy atom. The molecule has 2 rings (SSSR count). The minimum Gasteiger partial charge on any atom is -0.481 e. The number of carbonyl (C=O) groups is 2. The van der Waals surface area contributed by atoms with Crippen molar-refractivity contribution in [1.29, 1.82) is 0 Å². The van der Waals surface area contributed by atoms with Crippen LogP contribution in [0.25, 0.3) is 0 Å². The van der Waals surface area contributed by atoms with Gasteiger partial charge in [-0.1, -0.05) is 36.8 Å². The molecule has 4 heteroatoms. The molecule has 0 saturated heterocycles. The Labute approximate surface area is 106 Å². The van der Waals surface area contributed by atoms with E-state index in [-0.39, 0.29) is 12.6 Å². The molecule has 0 aromatic heterocycles. The molecule has 0 amide bonds. The number of hydrogen-bond acceptors (Lipinski definition) is 3. The third kappa shape index (κ3) is 2.88. The van der Waals surface area contributed by atoms with Crippen LogP contribution in [0.4, 0.5) is 0 Å². The Kier molecular flexibility index (Phi) is 3.97. The second-order valence-corrected chi connectivity index (χ2v) is 4.58. The van der Waals surface area contributed by atoms with Gasteiger partial charge in [0.05, 0.1) is 11.8 Å². The maximum absolute atomic E-state index is 11.8. The van der Waals surface area contributed by atoms with Crippen molar-refractivity contribution in [2.75, 3.05) is 0 Å². The monoisotopic (exact) mass is 248 g/mol. The predicted octanol–water partition coefficient (Wildman–Crippen LogP) is 2.23. The first kappa shape index (κ1) is 12.6. The first-order chi connectivity index (χ1) is 8.68. The van der Waals surface area contributed by atoms with Gasteiger partial charge in [0.2, 0.25) is 0 Å². The van der Waals surface area contributed by atoms with Gasteiger partial charge in [0.25, 0.3) is 0 Å². The van der Waals surface area contributed by atoms with E-state index in [1.165, 1.54) is 0 Å². The number of aliphatic carboxylic acids is 1. The van der Waals surface area contributed by atoms with Crippen LogP contribution in [0.5, 0.6) is 0 Å². The first-order valence-corrected chi connectivity index (χ1v) is 6.12. The smallest absolute Gasteiger partial charge is 0.310 e. The molecule has 1 aromatic carbocycles. The topological polar surface area (TPSA) is 63.6 Å². The summed E-state index contributed by atoms with van der Waals surface area (Å²) in [5.74, 6) is -2.34. The highest BCUT2D eigenvalue weighted by molar-refractivity contribution is 5.81. The van der Waals surface area contributed by atoms with E-state index in [1.54, 1.807) is 0 Å². The second kappa shape index (κ2) is 5.67. The van der Waals surface area contributed by atoms with Crippen molar-refractivity contribution < 1.29 is 19.4 Å². The molecule has 4 nitrogen and oxygen atoms in total. The van der Waals surface area contributed by atoms with Gasteiger partial charge < -0.3 is 9.84 Å². The summed E-state index contributed by atoms with van der Waals surface area (Å²) >= 11 is 0. The molecule has 1 fully saturated rings. The minimum absolute atomic E-state index is 0.211. The number of esters is 1. The number of carboxylic acids is 1. The molecule has 18 heavy (non-hydrogen) atoms. The van der Waals surface area contributed by atoms with Gasteiger partial charge in [0.15, 0.2) is 0 Å². The largest absolute Gasteiger partial charge is 0.481 e. The van der Waals surface area contributed by atoms with E-state index in [9.17, 15) is 9.59 Å².